The van der Waals surface area contributed by atoms with Crippen molar-refractivity contribution in [3.63, 3.8) is 0 Å². The van der Waals surface area contributed by atoms with Crippen LogP contribution in [0.4, 0.5) is 0 Å². The highest BCUT2D eigenvalue weighted by Gasteiger charge is 2.13. The minimum atomic E-state index is -0.154. The molecule has 0 saturated carbocycles. The van der Waals surface area contributed by atoms with Crippen LogP contribution < -0.4 is 14.8 Å². The Hall–Kier alpha value is -2.08. The quantitative estimate of drug-likeness (QED) is 0.840. The maximum atomic E-state index is 11.8. The van der Waals surface area contributed by atoms with Gasteiger partial charge in [0.2, 0.25) is 0 Å². The molecule has 0 fully saturated rings. The summed E-state index contributed by atoms with van der Waals surface area (Å²) in [5.74, 6) is 1.67. The number of aromatic nitrogens is 1. The van der Waals surface area contributed by atoms with Crippen molar-refractivity contribution < 1.29 is 14.3 Å². The second-order valence-corrected chi connectivity index (χ2v) is 6.33. The molecule has 1 aromatic carbocycles. The second kappa shape index (κ2) is 7.97. The number of carbonyl (C=O) groups excluding carboxylic acids is 1. The van der Waals surface area contributed by atoms with E-state index in [2.05, 4.69) is 24.1 Å². The normalized spacial score (nSPS) is 10.7. The minimum absolute atomic E-state index is 0.154. The van der Waals surface area contributed by atoms with Crippen LogP contribution in [0.2, 0.25) is 0 Å². The van der Waals surface area contributed by atoms with Gasteiger partial charge in [0.05, 0.1) is 13.7 Å². The molecule has 0 bridgehead atoms. The van der Waals surface area contributed by atoms with Crippen molar-refractivity contribution in [1.29, 1.82) is 0 Å². The number of benzene rings is 1. The third kappa shape index (κ3) is 4.45. The number of ether oxygens (including phenoxy) is 2. The Morgan fingerprint density at radius 3 is 2.78 bits per heavy atom. The smallest absolute Gasteiger partial charge is 0.270 e. The van der Waals surface area contributed by atoms with Crippen molar-refractivity contribution >= 4 is 17.2 Å². The van der Waals surface area contributed by atoms with Crippen molar-refractivity contribution in [2.75, 3.05) is 20.3 Å². The largest absolute Gasteiger partial charge is 0.493 e. The Morgan fingerprint density at radius 1 is 1.35 bits per heavy atom. The van der Waals surface area contributed by atoms with Gasteiger partial charge in [-0.1, -0.05) is 13.8 Å². The Morgan fingerprint density at radius 2 is 2.13 bits per heavy atom. The first-order valence-electron chi connectivity index (χ1n) is 7.60. The third-order valence-corrected chi connectivity index (χ3v) is 3.95. The first-order valence-corrected chi connectivity index (χ1v) is 8.48. The van der Waals surface area contributed by atoms with Crippen molar-refractivity contribution in [1.82, 2.24) is 10.3 Å². The third-order valence-electron chi connectivity index (χ3n) is 3.06. The number of nitrogens with one attached hydrogen (secondary N) is 1. The fourth-order valence-corrected chi connectivity index (χ4v) is 2.74. The SMILES string of the molecule is CCNC(=O)c1csc(-c2ccc(OCC(C)C)c(OC)c2)n1. The van der Waals surface area contributed by atoms with Crippen LogP contribution in [0.5, 0.6) is 11.5 Å². The molecular weight excluding hydrogens is 312 g/mol. The van der Waals surface area contributed by atoms with Gasteiger partial charge in [-0.3, -0.25) is 4.79 Å². The molecule has 0 unspecified atom stereocenters. The number of methoxy groups -OCH3 is 1. The summed E-state index contributed by atoms with van der Waals surface area (Å²) in [6.07, 6.45) is 0. The lowest BCUT2D eigenvalue weighted by Crippen LogP contribution is -2.22. The lowest BCUT2D eigenvalue weighted by molar-refractivity contribution is 0.0951. The number of hydrogen-bond acceptors (Lipinski definition) is 5. The van der Waals surface area contributed by atoms with Crippen LogP contribution in [0.3, 0.4) is 0 Å². The molecule has 0 saturated heterocycles. The summed E-state index contributed by atoms with van der Waals surface area (Å²) in [6.45, 7) is 7.29. The van der Waals surface area contributed by atoms with Gasteiger partial charge < -0.3 is 14.8 Å². The fourth-order valence-electron chi connectivity index (χ4n) is 1.94. The van der Waals surface area contributed by atoms with Crippen LogP contribution in [0.15, 0.2) is 23.6 Å². The number of carbonyl (C=O) groups is 1. The molecule has 1 amide bonds. The molecule has 1 aromatic heterocycles. The average Bonchev–Trinajstić information content (AvgIpc) is 3.03. The molecule has 0 spiro atoms. The van der Waals surface area contributed by atoms with Gasteiger partial charge in [0.1, 0.15) is 10.7 Å². The molecule has 6 heteroatoms. The zero-order chi connectivity index (χ0) is 16.8. The summed E-state index contributed by atoms with van der Waals surface area (Å²) >= 11 is 1.43. The van der Waals surface area contributed by atoms with E-state index in [-0.39, 0.29) is 5.91 Å². The van der Waals surface area contributed by atoms with Gasteiger partial charge in [0.15, 0.2) is 11.5 Å². The second-order valence-electron chi connectivity index (χ2n) is 5.47. The van der Waals surface area contributed by atoms with Gasteiger partial charge in [-0.2, -0.15) is 0 Å². The number of nitrogens with zero attached hydrogens (tertiary/aromatic N) is 1. The van der Waals surface area contributed by atoms with Gasteiger partial charge >= 0.3 is 0 Å². The maximum absolute atomic E-state index is 11.8. The van der Waals surface area contributed by atoms with Crippen LogP contribution in [0, 0.1) is 5.92 Å². The van der Waals surface area contributed by atoms with Gasteiger partial charge in [0, 0.05) is 17.5 Å². The van der Waals surface area contributed by atoms with E-state index < -0.39 is 0 Å². The van der Waals surface area contributed by atoms with E-state index in [9.17, 15) is 4.79 Å². The molecule has 0 aliphatic heterocycles. The predicted molar refractivity (Wildman–Crippen MR) is 92.4 cm³/mol. The standard InChI is InChI=1S/C17H22N2O3S/c1-5-18-16(20)13-10-23-17(19-13)12-6-7-14(15(8-12)21-4)22-9-11(2)3/h6-8,10-11H,5,9H2,1-4H3,(H,18,20). The first-order chi connectivity index (χ1) is 11.0. The molecule has 0 aliphatic carbocycles. The van der Waals surface area contributed by atoms with Crippen molar-refractivity contribution in [3.05, 3.63) is 29.3 Å². The Labute approximate surface area is 140 Å². The molecule has 0 radical (unpaired) electrons. The van der Waals surface area contributed by atoms with E-state index >= 15 is 0 Å². The first kappa shape index (κ1) is 17.3. The predicted octanol–water partition coefficient (Wildman–Crippen LogP) is 3.60. The Kier molecular flexibility index (Phi) is 5.98. The number of rotatable bonds is 7. The van der Waals surface area contributed by atoms with Gasteiger partial charge in [-0.05, 0) is 31.0 Å². The molecular formula is C17H22N2O3S. The van der Waals surface area contributed by atoms with Crippen LogP contribution >= 0.6 is 11.3 Å². The summed E-state index contributed by atoms with van der Waals surface area (Å²) in [5.41, 5.74) is 1.34. The molecule has 1 N–H and O–H groups in total. The van der Waals surface area contributed by atoms with Crippen molar-refractivity contribution in [3.8, 4) is 22.1 Å². The van der Waals surface area contributed by atoms with E-state index in [1.54, 1.807) is 12.5 Å². The molecule has 0 aliphatic rings. The zero-order valence-corrected chi connectivity index (χ0v) is 14.7. The number of hydrogen-bond donors (Lipinski definition) is 1. The van der Waals surface area contributed by atoms with Crippen LogP contribution in [-0.2, 0) is 0 Å². The van der Waals surface area contributed by atoms with Crippen LogP contribution in [-0.4, -0.2) is 31.2 Å². The molecule has 2 aromatic rings. The molecule has 1 heterocycles. The summed E-state index contributed by atoms with van der Waals surface area (Å²) in [5, 5.41) is 5.28. The number of thiazole rings is 1. The van der Waals surface area contributed by atoms with Crippen LogP contribution in [0.25, 0.3) is 10.6 Å². The summed E-state index contributed by atoms with van der Waals surface area (Å²) in [4.78, 5) is 16.2. The van der Waals surface area contributed by atoms with E-state index in [4.69, 9.17) is 9.47 Å². The lowest BCUT2D eigenvalue weighted by atomic mass is 10.2. The van der Waals surface area contributed by atoms with Crippen molar-refractivity contribution in [2.24, 2.45) is 5.92 Å². The van der Waals surface area contributed by atoms with E-state index in [0.717, 1.165) is 10.6 Å². The average molecular weight is 334 g/mol. The molecule has 5 nitrogen and oxygen atoms in total. The van der Waals surface area contributed by atoms with Gasteiger partial charge in [0.25, 0.3) is 5.91 Å². The molecule has 23 heavy (non-hydrogen) atoms. The van der Waals surface area contributed by atoms with E-state index in [1.807, 2.05) is 25.1 Å². The maximum Gasteiger partial charge on any atom is 0.270 e. The lowest BCUT2D eigenvalue weighted by Gasteiger charge is -2.13. The molecule has 124 valence electrons. The molecule has 2 rings (SSSR count). The van der Waals surface area contributed by atoms with Crippen molar-refractivity contribution in [2.45, 2.75) is 20.8 Å². The Balaban J connectivity index is 2.22. The minimum Gasteiger partial charge on any atom is -0.493 e. The monoisotopic (exact) mass is 334 g/mol. The van der Waals surface area contributed by atoms with E-state index in [1.165, 1.54) is 11.3 Å². The van der Waals surface area contributed by atoms with Gasteiger partial charge in [-0.25, -0.2) is 4.98 Å². The van der Waals surface area contributed by atoms with Crippen LogP contribution in [0.1, 0.15) is 31.3 Å². The Bertz CT molecular complexity index is 668. The summed E-state index contributed by atoms with van der Waals surface area (Å²) in [7, 11) is 1.61. The highest BCUT2D eigenvalue weighted by atomic mass is 32.1. The topological polar surface area (TPSA) is 60.5 Å². The summed E-state index contributed by atoms with van der Waals surface area (Å²) < 4.78 is 11.2. The molecule has 0 atom stereocenters. The zero-order valence-electron chi connectivity index (χ0n) is 13.9. The number of amides is 1. The highest BCUT2D eigenvalue weighted by molar-refractivity contribution is 7.13. The van der Waals surface area contributed by atoms with Gasteiger partial charge in [-0.15, -0.1) is 11.3 Å². The van der Waals surface area contributed by atoms with E-state index in [0.29, 0.717) is 36.3 Å². The summed E-state index contributed by atoms with van der Waals surface area (Å²) in [6, 6.07) is 5.69. The fraction of sp³-hybridized carbons (Fsp3) is 0.412. The highest BCUT2D eigenvalue weighted by Crippen LogP contribution is 2.34.